The number of halogens is 1. The van der Waals surface area contributed by atoms with Crippen LogP contribution in [0.1, 0.15) is 13.3 Å². The van der Waals surface area contributed by atoms with Crippen molar-refractivity contribution in [3.05, 3.63) is 11.3 Å². The van der Waals surface area contributed by atoms with Crippen LogP contribution in [0.5, 0.6) is 0 Å². The summed E-state index contributed by atoms with van der Waals surface area (Å²) in [5, 5.41) is 9.92. The van der Waals surface area contributed by atoms with Crippen LogP contribution in [0.15, 0.2) is 6.33 Å². The minimum absolute atomic E-state index is 0.271. The summed E-state index contributed by atoms with van der Waals surface area (Å²) in [5.41, 5.74) is 5.62. The fraction of sp³-hybridized carbons (Fsp3) is 0.600. The second-order valence-electron chi connectivity index (χ2n) is 4.13. The highest BCUT2D eigenvalue weighted by Gasteiger charge is 2.28. The molecular formula is C10H15ClN4O. The summed E-state index contributed by atoms with van der Waals surface area (Å²) >= 11 is 6.05. The molecule has 2 heterocycles. The van der Waals surface area contributed by atoms with Crippen LogP contribution in [0.3, 0.4) is 0 Å². The van der Waals surface area contributed by atoms with Gasteiger partial charge >= 0.3 is 0 Å². The minimum Gasteiger partial charge on any atom is -0.393 e. The van der Waals surface area contributed by atoms with E-state index in [2.05, 4.69) is 9.97 Å². The molecule has 0 aromatic carbocycles. The Morgan fingerprint density at radius 1 is 1.62 bits per heavy atom. The smallest absolute Gasteiger partial charge is 0.153 e. The molecule has 2 atom stereocenters. The van der Waals surface area contributed by atoms with Gasteiger partial charge in [-0.15, -0.1) is 0 Å². The number of aliphatic hydroxyl groups excluding tert-OH is 1. The summed E-state index contributed by atoms with van der Waals surface area (Å²) in [5.74, 6) is 1.23. The molecule has 2 rings (SSSR count). The van der Waals surface area contributed by atoms with Crippen molar-refractivity contribution in [3.63, 3.8) is 0 Å². The maximum Gasteiger partial charge on any atom is 0.153 e. The van der Waals surface area contributed by atoms with Crippen molar-refractivity contribution < 1.29 is 5.11 Å². The van der Waals surface area contributed by atoms with E-state index < -0.39 is 0 Å². The summed E-state index contributed by atoms with van der Waals surface area (Å²) in [6.07, 6.45) is 2.05. The summed E-state index contributed by atoms with van der Waals surface area (Å²) < 4.78 is 0. The van der Waals surface area contributed by atoms with Crippen LogP contribution < -0.4 is 10.6 Å². The predicted molar refractivity (Wildman–Crippen MR) is 63.5 cm³/mol. The average Bonchev–Trinajstić information content (AvgIpc) is 2.71. The van der Waals surface area contributed by atoms with Crippen molar-refractivity contribution in [2.24, 2.45) is 5.92 Å². The number of rotatable bonds is 2. The van der Waals surface area contributed by atoms with Crippen molar-refractivity contribution in [1.29, 1.82) is 0 Å². The molecule has 0 bridgehead atoms. The molecule has 0 amide bonds. The Morgan fingerprint density at radius 3 is 3.00 bits per heavy atom. The zero-order chi connectivity index (χ0) is 11.7. The lowest BCUT2D eigenvalue weighted by atomic mass is 10.0. The van der Waals surface area contributed by atoms with Crippen LogP contribution in [0.25, 0.3) is 0 Å². The second kappa shape index (κ2) is 4.43. The van der Waals surface area contributed by atoms with E-state index in [0.29, 0.717) is 16.7 Å². The number of aliphatic hydroxyl groups is 1. The maximum absolute atomic E-state index is 9.52. The normalized spacial score (nSPS) is 22.4. The summed E-state index contributed by atoms with van der Waals surface area (Å²) in [7, 11) is 0. The van der Waals surface area contributed by atoms with Gasteiger partial charge in [-0.3, -0.25) is 0 Å². The van der Waals surface area contributed by atoms with Gasteiger partial charge in [0.15, 0.2) is 5.82 Å². The molecule has 5 nitrogen and oxygen atoms in total. The van der Waals surface area contributed by atoms with E-state index in [-0.39, 0.29) is 12.0 Å². The Morgan fingerprint density at radius 2 is 2.38 bits per heavy atom. The molecule has 1 fully saturated rings. The molecule has 1 aliphatic heterocycles. The van der Waals surface area contributed by atoms with E-state index in [0.717, 1.165) is 19.5 Å². The molecule has 2 unspecified atom stereocenters. The molecule has 16 heavy (non-hydrogen) atoms. The fourth-order valence-electron chi connectivity index (χ4n) is 1.97. The molecule has 1 aliphatic rings. The van der Waals surface area contributed by atoms with E-state index in [4.69, 9.17) is 17.3 Å². The van der Waals surface area contributed by atoms with Crippen LogP contribution in [0, 0.1) is 5.92 Å². The molecular weight excluding hydrogens is 228 g/mol. The lowest BCUT2D eigenvalue weighted by Crippen LogP contribution is -2.25. The zero-order valence-corrected chi connectivity index (χ0v) is 9.85. The Hall–Kier alpha value is -1.07. The average molecular weight is 243 g/mol. The van der Waals surface area contributed by atoms with Crippen molar-refractivity contribution >= 4 is 23.2 Å². The van der Waals surface area contributed by atoms with Crippen molar-refractivity contribution in [1.82, 2.24) is 9.97 Å². The van der Waals surface area contributed by atoms with Gasteiger partial charge in [-0.05, 0) is 13.3 Å². The van der Waals surface area contributed by atoms with E-state index >= 15 is 0 Å². The molecule has 1 aromatic rings. The van der Waals surface area contributed by atoms with Crippen LogP contribution in [0.4, 0.5) is 11.6 Å². The summed E-state index contributed by atoms with van der Waals surface area (Å²) in [4.78, 5) is 10.00. The monoisotopic (exact) mass is 242 g/mol. The lowest BCUT2D eigenvalue weighted by molar-refractivity contribution is 0.136. The Balaban J connectivity index is 2.17. The Kier molecular flexibility index (Phi) is 3.16. The minimum atomic E-state index is -0.303. The van der Waals surface area contributed by atoms with E-state index in [9.17, 15) is 5.11 Å². The van der Waals surface area contributed by atoms with Crippen LogP contribution >= 0.6 is 11.6 Å². The highest BCUT2D eigenvalue weighted by molar-refractivity contribution is 6.35. The first-order valence-corrected chi connectivity index (χ1v) is 5.66. The zero-order valence-electron chi connectivity index (χ0n) is 9.10. The number of anilines is 2. The Labute approximate surface area is 99.3 Å². The predicted octanol–water partition coefficient (Wildman–Crippen LogP) is 0.919. The van der Waals surface area contributed by atoms with Gasteiger partial charge in [-0.25, -0.2) is 9.97 Å². The fourth-order valence-corrected chi connectivity index (χ4v) is 2.18. The van der Waals surface area contributed by atoms with E-state index in [1.807, 2.05) is 11.8 Å². The number of aromatic nitrogens is 2. The highest BCUT2D eigenvalue weighted by Crippen LogP contribution is 2.31. The number of nitrogen functional groups attached to an aromatic ring is 1. The first kappa shape index (κ1) is 11.4. The van der Waals surface area contributed by atoms with E-state index in [1.54, 1.807) is 0 Å². The van der Waals surface area contributed by atoms with Crippen molar-refractivity contribution in [3.8, 4) is 0 Å². The Bertz CT molecular complexity index is 385. The lowest BCUT2D eigenvalue weighted by Gasteiger charge is -2.19. The second-order valence-corrected chi connectivity index (χ2v) is 4.51. The number of hydrogen-bond acceptors (Lipinski definition) is 5. The van der Waals surface area contributed by atoms with Gasteiger partial charge in [0.2, 0.25) is 0 Å². The third-order valence-electron chi connectivity index (χ3n) is 3.00. The molecule has 3 N–H and O–H groups in total. The molecule has 0 spiro atoms. The summed E-state index contributed by atoms with van der Waals surface area (Å²) in [6.45, 7) is 3.41. The largest absolute Gasteiger partial charge is 0.393 e. The van der Waals surface area contributed by atoms with Gasteiger partial charge in [0.25, 0.3) is 0 Å². The molecule has 6 heteroatoms. The molecule has 1 aromatic heterocycles. The highest BCUT2D eigenvalue weighted by atomic mass is 35.5. The van der Waals surface area contributed by atoms with Crippen molar-refractivity contribution in [2.75, 3.05) is 23.7 Å². The van der Waals surface area contributed by atoms with Gasteiger partial charge in [0, 0.05) is 19.0 Å². The van der Waals surface area contributed by atoms with Crippen LogP contribution in [0.2, 0.25) is 5.02 Å². The first-order chi connectivity index (χ1) is 7.59. The third-order valence-corrected chi connectivity index (χ3v) is 3.37. The van der Waals surface area contributed by atoms with Crippen molar-refractivity contribution in [2.45, 2.75) is 19.4 Å². The SMILES string of the molecule is CC(O)C1CCN(c2ncnc(N)c2Cl)C1. The van der Waals surface area contributed by atoms with Crippen LogP contribution in [-0.2, 0) is 0 Å². The van der Waals surface area contributed by atoms with E-state index in [1.165, 1.54) is 6.33 Å². The van der Waals surface area contributed by atoms with Gasteiger partial charge < -0.3 is 15.7 Å². The number of hydrogen-bond donors (Lipinski definition) is 2. The van der Waals surface area contributed by atoms with Gasteiger partial charge in [0.05, 0.1) is 6.10 Å². The van der Waals surface area contributed by atoms with Crippen LogP contribution in [-0.4, -0.2) is 34.3 Å². The quantitative estimate of drug-likeness (QED) is 0.807. The molecule has 1 saturated heterocycles. The third kappa shape index (κ3) is 2.05. The van der Waals surface area contributed by atoms with Gasteiger partial charge in [-0.1, -0.05) is 11.6 Å². The van der Waals surface area contributed by atoms with Gasteiger partial charge in [-0.2, -0.15) is 0 Å². The molecule has 0 radical (unpaired) electrons. The maximum atomic E-state index is 9.52. The number of nitrogens with two attached hydrogens (primary N) is 1. The first-order valence-electron chi connectivity index (χ1n) is 5.28. The standard InChI is InChI=1S/C10H15ClN4O/c1-6(16)7-2-3-15(4-7)10-8(11)9(12)13-5-14-10/h5-7,16H,2-4H2,1H3,(H2,12,13,14). The summed E-state index contributed by atoms with van der Waals surface area (Å²) in [6, 6.07) is 0. The molecule has 0 saturated carbocycles. The molecule has 88 valence electrons. The topological polar surface area (TPSA) is 75.3 Å². The number of nitrogens with zero attached hydrogens (tertiary/aromatic N) is 3. The molecule has 0 aliphatic carbocycles. The van der Waals surface area contributed by atoms with Gasteiger partial charge in [0.1, 0.15) is 17.2 Å².